The molecule has 1 heterocycles. The predicted octanol–water partition coefficient (Wildman–Crippen LogP) is 3.21. The van der Waals surface area contributed by atoms with E-state index >= 15 is 0 Å². The summed E-state index contributed by atoms with van der Waals surface area (Å²) in [5.41, 5.74) is 2.92. The van der Waals surface area contributed by atoms with Crippen LogP contribution in [-0.2, 0) is 4.74 Å². The van der Waals surface area contributed by atoms with Gasteiger partial charge >= 0.3 is 0 Å². The molecule has 2 aromatic rings. The van der Waals surface area contributed by atoms with Crippen molar-refractivity contribution in [1.29, 1.82) is 0 Å². The first-order chi connectivity index (χ1) is 10.3. The number of nitrogens with zero attached hydrogens (tertiary/aromatic N) is 1. The highest BCUT2D eigenvalue weighted by atomic mass is 16.5. The van der Waals surface area contributed by atoms with Crippen LogP contribution in [0.3, 0.4) is 0 Å². The lowest BCUT2D eigenvalue weighted by Crippen LogP contribution is -2.43. The van der Waals surface area contributed by atoms with Crippen LogP contribution < -0.4 is 0 Å². The van der Waals surface area contributed by atoms with E-state index in [2.05, 4.69) is 12.1 Å². The van der Waals surface area contributed by atoms with Gasteiger partial charge in [-0.2, -0.15) is 0 Å². The third-order valence-electron chi connectivity index (χ3n) is 3.95. The Bertz CT molecular complexity index is 624. The minimum atomic E-state index is -0.00736. The highest BCUT2D eigenvalue weighted by Crippen LogP contribution is 2.26. The van der Waals surface area contributed by atoms with E-state index < -0.39 is 0 Å². The van der Waals surface area contributed by atoms with Crippen LogP contribution in [0.25, 0.3) is 0 Å². The third kappa shape index (κ3) is 2.83. The predicted molar refractivity (Wildman–Crippen MR) is 82.2 cm³/mol. The van der Waals surface area contributed by atoms with Gasteiger partial charge in [0.1, 0.15) is 0 Å². The Balaban J connectivity index is 1.91. The number of hydrogen-bond acceptors (Lipinski definition) is 2. The maximum Gasteiger partial charge on any atom is 0.254 e. The second kappa shape index (κ2) is 6.10. The number of carbonyl (C=O) groups excluding carboxylic acids is 1. The van der Waals surface area contributed by atoms with Gasteiger partial charge in [-0.25, -0.2) is 0 Å². The lowest BCUT2D eigenvalue weighted by molar-refractivity contribution is -0.00273. The van der Waals surface area contributed by atoms with E-state index in [9.17, 15) is 4.79 Å². The van der Waals surface area contributed by atoms with Crippen LogP contribution in [0.4, 0.5) is 0 Å². The molecule has 3 heteroatoms. The molecule has 0 radical (unpaired) electrons. The summed E-state index contributed by atoms with van der Waals surface area (Å²) in [6.45, 7) is 3.76. The maximum atomic E-state index is 12.9. The van der Waals surface area contributed by atoms with Gasteiger partial charge in [0.05, 0.1) is 19.3 Å². The smallest absolute Gasteiger partial charge is 0.254 e. The van der Waals surface area contributed by atoms with Gasteiger partial charge in [-0.05, 0) is 24.1 Å². The zero-order valence-electron chi connectivity index (χ0n) is 12.2. The monoisotopic (exact) mass is 281 g/mol. The molecule has 1 atom stereocenters. The number of morpholine rings is 1. The lowest BCUT2D eigenvalue weighted by atomic mass is 10.0. The minimum Gasteiger partial charge on any atom is -0.377 e. The van der Waals surface area contributed by atoms with Gasteiger partial charge in [-0.15, -0.1) is 0 Å². The molecule has 1 aliphatic rings. The topological polar surface area (TPSA) is 29.5 Å². The molecule has 1 aliphatic heterocycles. The first kappa shape index (κ1) is 13.8. The molecule has 3 rings (SSSR count). The van der Waals surface area contributed by atoms with Crippen molar-refractivity contribution >= 4 is 5.91 Å². The van der Waals surface area contributed by atoms with Crippen LogP contribution in [0.15, 0.2) is 54.6 Å². The summed E-state index contributed by atoms with van der Waals surface area (Å²) in [5.74, 6) is 0.0882. The Morgan fingerprint density at radius 1 is 1.10 bits per heavy atom. The fourth-order valence-electron chi connectivity index (χ4n) is 2.77. The summed E-state index contributed by atoms with van der Waals surface area (Å²) in [4.78, 5) is 14.8. The summed E-state index contributed by atoms with van der Waals surface area (Å²) < 4.78 is 5.59. The fourth-order valence-corrected chi connectivity index (χ4v) is 2.77. The second-order valence-electron chi connectivity index (χ2n) is 5.31. The Kier molecular flexibility index (Phi) is 4.02. The minimum absolute atomic E-state index is 0.00736. The molecule has 0 spiro atoms. The largest absolute Gasteiger partial charge is 0.377 e. The normalized spacial score (nSPS) is 18.5. The lowest BCUT2D eigenvalue weighted by Gasteiger charge is -2.36. The van der Waals surface area contributed by atoms with Gasteiger partial charge in [0.2, 0.25) is 0 Å². The first-order valence-electron chi connectivity index (χ1n) is 7.26. The molecule has 0 aliphatic carbocycles. The van der Waals surface area contributed by atoms with Crippen LogP contribution in [0.5, 0.6) is 0 Å². The number of aryl methyl sites for hydroxylation is 1. The molecule has 108 valence electrons. The third-order valence-corrected chi connectivity index (χ3v) is 3.95. The molecule has 21 heavy (non-hydrogen) atoms. The fraction of sp³-hybridized carbons (Fsp3) is 0.278. The SMILES string of the molecule is Cc1ccccc1C(=O)N1CCOCC1c1ccccc1. The molecule has 0 saturated carbocycles. The Morgan fingerprint density at radius 2 is 1.81 bits per heavy atom. The van der Waals surface area contributed by atoms with Gasteiger partial charge < -0.3 is 9.64 Å². The van der Waals surface area contributed by atoms with Crippen molar-refractivity contribution in [2.45, 2.75) is 13.0 Å². The zero-order chi connectivity index (χ0) is 14.7. The van der Waals surface area contributed by atoms with Crippen LogP contribution in [0, 0.1) is 6.92 Å². The van der Waals surface area contributed by atoms with E-state index in [0.717, 1.165) is 16.7 Å². The molecule has 0 bridgehead atoms. The molecule has 3 nitrogen and oxygen atoms in total. The summed E-state index contributed by atoms with van der Waals surface area (Å²) in [6.07, 6.45) is 0. The number of hydrogen-bond donors (Lipinski definition) is 0. The van der Waals surface area contributed by atoms with Crippen LogP contribution in [0.1, 0.15) is 27.5 Å². The van der Waals surface area contributed by atoms with Gasteiger partial charge in [-0.3, -0.25) is 4.79 Å². The standard InChI is InChI=1S/C18H19NO2/c1-14-7-5-6-10-16(14)18(20)19-11-12-21-13-17(19)15-8-3-2-4-9-15/h2-10,17H,11-13H2,1H3. The number of rotatable bonds is 2. The molecule has 1 saturated heterocycles. The molecule has 1 amide bonds. The van der Waals surface area contributed by atoms with Crippen molar-refractivity contribution < 1.29 is 9.53 Å². The number of carbonyl (C=O) groups is 1. The van der Waals surface area contributed by atoms with Crippen LogP contribution >= 0.6 is 0 Å². The van der Waals surface area contributed by atoms with Gasteiger partial charge in [0.15, 0.2) is 0 Å². The quantitative estimate of drug-likeness (QED) is 0.846. The maximum absolute atomic E-state index is 12.9. The van der Waals surface area contributed by atoms with Crippen LogP contribution in [0.2, 0.25) is 0 Å². The second-order valence-corrected chi connectivity index (χ2v) is 5.31. The van der Waals surface area contributed by atoms with Crippen molar-refractivity contribution in [1.82, 2.24) is 4.90 Å². The van der Waals surface area contributed by atoms with E-state index in [1.54, 1.807) is 0 Å². The summed E-state index contributed by atoms with van der Waals surface area (Å²) in [7, 11) is 0. The summed E-state index contributed by atoms with van der Waals surface area (Å²) in [6, 6.07) is 17.8. The number of benzene rings is 2. The molecule has 2 aromatic carbocycles. The van der Waals surface area contributed by atoms with Crippen LogP contribution in [-0.4, -0.2) is 30.6 Å². The average molecular weight is 281 g/mol. The highest BCUT2D eigenvalue weighted by molar-refractivity contribution is 5.96. The first-order valence-corrected chi connectivity index (χ1v) is 7.26. The van der Waals surface area contributed by atoms with Crippen molar-refractivity contribution in [3.05, 3.63) is 71.3 Å². The van der Waals surface area contributed by atoms with Gasteiger partial charge in [0, 0.05) is 12.1 Å². The molecule has 0 aromatic heterocycles. The zero-order valence-corrected chi connectivity index (χ0v) is 12.2. The van der Waals surface area contributed by atoms with Gasteiger partial charge in [-0.1, -0.05) is 48.5 Å². The van der Waals surface area contributed by atoms with E-state index in [1.807, 2.05) is 54.3 Å². The molecular weight excluding hydrogens is 262 g/mol. The van der Waals surface area contributed by atoms with Crippen molar-refractivity contribution in [3.8, 4) is 0 Å². The van der Waals surface area contributed by atoms with E-state index in [0.29, 0.717) is 19.8 Å². The van der Waals surface area contributed by atoms with Crippen molar-refractivity contribution in [2.24, 2.45) is 0 Å². The molecule has 1 unspecified atom stereocenters. The van der Waals surface area contributed by atoms with E-state index in [-0.39, 0.29) is 11.9 Å². The Morgan fingerprint density at radius 3 is 2.57 bits per heavy atom. The van der Waals surface area contributed by atoms with E-state index in [4.69, 9.17) is 4.74 Å². The molecule has 1 fully saturated rings. The molecule has 0 N–H and O–H groups in total. The summed E-state index contributed by atoms with van der Waals surface area (Å²) >= 11 is 0. The summed E-state index contributed by atoms with van der Waals surface area (Å²) in [5, 5.41) is 0. The van der Waals surface area contributed by atoms with Crippen molar-refractivity contribution in [3.63, 3.8) is 0 Å². The van der Waals surface area contributed by atoms with E-state index in [1.165, 1.54) is 0 Å². The Labute approximate surface area is 125 Å². The van der Waals surface area contributed by atoms with Crippen molar-refractivity contribution in [2.75, 3.05) is 19.8 Å². The average Bonchev–Trinajstić information content (AvgIpc) is 2.55. The Hall–Kier alpha value is -2.13. The van der Waals surface area contributed by atoms with Gasteiger partial charge in [0.25, 0.3) is 5.91 Å². The number of ether oxygens (including phenoxy) is 1. The highest BCUT2D eigenvalue weighted by Gasteiger charge is 2.29. The number of amides is 1. The molecular formula is C18H19NO2.